The van der Waals surface area contributed by atoms with E-state index in [0.29, 0.717) is 34.6 Å². The molecule has 1 saturated heterocycles. The molecule has 134 valence electrons. The van der Waals surface area contributed by atoms with Crippen molar-refractivity contribution in [3.63, 3.8) is 0 Å². The molecule has 2 aromatic rings. The van der Waals surface area contributed by atoms with Crippen molar-refractivity contribution in [3.8, 4) is 0 Å². The van der Waals surface area contributed by atoms with E-state index in [9.17, 15) is 8.42 Å². The Kier molecular flexibility index (Phi) is 5.89. The minimum atomic E-state index is -3.39. The summed E-state index contributed by atoms with van der Waals surface area (Å²) in [5, 5.41) is 4.44. The fourth-order valence-corrected chi connectivity index (χ4v) is 4.85. The standard InChI is InChI=1S/C18H20Cl2N2O2S/c19-15-5-4-14(18(20)12-15)13-21-16-6-8-17(9-7-16)25(23,24)22-10-2-1-3-11-22/h4-9,12,21H,1-3,10-11,13H2. The van der Waals surface area contributed by atoms with Gasteiger partial charge in [-0.2, -0.15) is 4.31 Å². The van der Waals surface area contributed by atoms with Crippen molar-refractivity contribution in [1.29, 1.82) is 0 Å². The number of hydrogen-bond acceptors (Lipinski definition) is 3. The second-order valence-corrected chi connectivity index (χ2v) is 8.86. The van der Waals surface area contributed by atoms with Crippen LogP contribution >= 0.6 is 23.2 Å². The highest BCUT2D eigenvalue weighted by Gasteiger charge is 2.25. The van der Waals surface area contributed by atoms with Crippen molar-refractivity contribution in [2.75, 3.05) is 18.4 Å². The number of anilines is 1. The number of halogens is 2. The van der Waals surface area contributed by atoms with Crippen LogP contribution in [-0.4, -0.2) is 25.8 Å². The third kappa shape index (κ3) is 4.47. The number of hydrogen-bond donors (Lipinski definition) is 1. The Balaban J connectivity index is 1.67. The molecular weight excluding hydrogens is 379 g/mol. The summed E-state index contributed by atoms with van der Waals surface area (Å²) in [5.41, 5.74) is 1.76. The molecule has 1 aliphatic heterocycles. The highest BCUT2D eigenvalue weighted by molar-refractivity contribution is 7.89. The molecule has 1 N–H and O–H groups in total. The molecule has 0 spiro atoms. The lowest BCUT2D eigenvalue weighted by Gasteiger charge is -2.25. The van der Waals surface area contributed by atoms with Gasteiger partial charge in [0.2, 0.25) is 10.0 Å². The van der Waals surface area contributed by atoms with Crippen molar-refractivity contribution in [2.24, 2.45) is 0 Å². The van der Waals surface area contributed by atoms with E-state index in [1.54, 1.807) is 40.7 Å². The maximum atomic E-state index is 12.6. The lowest BCUT2D eigenvalue weighted by Crippen LogP contribution is -2.35. The Morgan fingerprint density at radius 2 is 1.64 bits per heavy atom. The van der Waals surface area contributed by atoms with E-state index in [-0.39, 0.29) is 0 Å². The quantitative estimate of drug-likeness (QED) is 0.787. The SMILES string of the molecule is O=S(=O)(c1ccc(NCc2ccc(Cl)cc2Cl)cc1)N1CCCCC1. The van der Waals surface area contributed by atoms with Gasteiger partial charge in [0.1, 0.15) is 0 Å². The van der Waals surface area contributed by atoms with Crippen molar-refractivity contribution in [2.45, 2.75) is 30.7 Å². The van der Waals surface area contributed by atoms with E-state index in [1.807, 2.05) is 6.07 Å². The van der Waals surface area contributed by atoms with Crippen molar-refractivity contribution in [1.82, 2.24) is 4.31 Å². The lowest BCUT2D eigenvalue weighted by molar-refractivity contribution is 0.346. The van der Waals surface area contributed by atoms with Crippen LogP contribution in [0.3, 0.4) is 0 Å². The maximum Gasteiger partial charge on any atom is 0.243 e. The topological polar surface area (TPSA) is 49.4 Å². The molecule has 0 bridgehead atoms. The van der Waals surface area contributed by atoms with E-state index in [1.165, 1.54) is 0 Å². The summed E-state index contributed by atoms with van der Waals surface area (Å²) in [4.78, 5) is 0.337. The summed E-state index contributed by atoms with van der Waals surface area (Å²) in [5.74, 6) is 0. The molecule has 0 atom stereocenters. The first-order valence-electron chi connectivity index (χ1n) is 8.25. The van der Waals surface area contributed by atoms with Gasteiger partial charge in [-0.15, -0.1) is 0 Å². The molecule has 25 heavy (non-hydrogen) atoms. The average Bonchev–Trinajstić information content (AvgIpc) is 2.62. The van der Waals surface area contributed by atoms with Gasteiger partial charge in [-0.1, -0.05) is 35.7 Å². The molecule has 2 aromatic carbocycles. The van der Waals surface area contributed by atoms with Gasteiger partial charge in [-0.3, -0.25) is 0 Å². The molecule has 1 fully saturated rings. The highest BCUT2D eigenvalue weighted by atomic mass is 35.5. The summed E-state index contributed by atoms with van der Waals surface area (Å²) in [6, 6.07) is 12.2. The highest BCUT2D eigenvalue weighted by Crippen LogP contribution is 2.24. The van der Waals surface area contributed by atoms with Crippen LogP contribution in [-0.2, 0) is 16.6 Å². The van der Waals surface area contributed by atoms with Crippen molar-refractivity contribution in [3.05, 3.63) is 58.1 Å². The minimum absolute atomic E-state index is 0.337. The number of nitrogens with one attached hydrogen (secondary N) is 1. The second kappa shape index (κ2) is 7.96. The molecule has 0 radical (unpaired) electrons. The van der Waals surface area contributed by atoms with Crippen LogP contribution in [0.25, 0.3) is 0 Å². The minimum Gasteiger partial charge on any atom is -0.381 e. The Morgan fingerprint density at radius 1 is 0.960 bits per heavy atom. The summed E-state index contributed by atoms with van der Waals surface area (Å²) in [6.07, 6.45) is 2.96. The fourth-order valence-electron chi connectivity index (χ4n) is 2.86. The Bertz CT molecular complexity index is 833. The van der Waals surface area contributed by atoms with Crippen LogP contribution in [0.1, 0.15) is 24.8 Å². The lowest BCUT2D eigenvalue weighted by atomic mass is 10.2. The van der Waals surface area contributed by atoms with Gasteiger partial charge >= 0.3 is 0 Å². The second-order valence-electron chi connectivity index (χ2n) is 6.08. The molecule has 7 heteroatoms. The van der Waals surface area contributed by atoms with Crippen LogP contribution in [0.15, 0.2) is 47.4 Å². The van der Waals surface area contributed by atoms with E-state index < -0.39 is 10.0 Å². The first-order chi connectivity index (χ1) is 12.0. The van der Waals surface area contributed by atoms with E-state index >= 15 is 0 Å². The molecular formula is C18H20Cl2N2O2S. The van der Waals surface area contributed by atoms with Crippen molar-refractivity contribution < 1.29 is 8.42 Å². The molecule has 0 amide bonds. The Hall–Kier alpha value is -1.27. The van der Waals surface area contributed by atoms with Gasteiger partial charge in [-0.05, 0) is 54.8 Å². The largest absolute Gasteiger partial charge is 0.381 e. The summed E-state index contributed by atoms with van der Waals surface area (Å²) >= 11 is 12.1. The summed E-state index contributed by atoms with van der Waals surface area (Å²) in [7, 11) is -3.39. The zero-order chi connectivity index (χ0) is 17.9. The molecule has 4 nitrogen and oxygen atoms in total. The number of piperidine rings is 1. The number of nitrogens with zero attached hydrogens (tertiary/aromatic N) is 1. The van der Waals surface area contributed by atoms with Gasteiger partial charge < -0.3 is 5.32 Å². The summed E-state index contributed by atoms with van der Waals surface area (Å²) < 4.78 is 26.8. The first kappa shape index (κ1) is 18.5. The average molecular weight is 399 g/mol. The molecule has 0 unspecified atom stereocenters. The predicted octanol–water partition coefficient (Wildman–Crippen LogP) is 4.78. The van der Waals surface area contributed by atoms with Gasteiger partial charge in [0.05, 0.1) is 4.90 Å². The van der Waals surface area contributed by atoms with Crippen LogP contribution in [0, 0.1) is 0 Å². The Labute approximate surface area is 158 Å². The molecule has 1 aliphatic rings. The van der Waals surface area contributed by atoms with E-state index in [4.69, 9.17) is 23.2 Å². The third-order valence-corrected chi connectivity index (χ3v) is 6.81. The third-order valence-electron chi connectivity index (χ3n) is 4.31. The fraction of sp³-hybridized carbons (Fsp3) is 0.333. The van der Waals surface area contributed by atoms with Gasteiger partial charge in [-0.25, -0.2) is 8.42 Å². The Morgan fingerprint density at radius 3 is 2.28 bits per heavy atom. The van der Waals surface area contributed by atoms with E-state index in [2.05, 4.69) is 5.32 Å². The first-order valence-corrected chi connectivity index (χ1v) is 10.4. The predicted molar refractivity (Wildman–Crippen MR) is 103 cm³/mol. The molecule has 1 heterocycles. The molecule has 3 rings (SSSR count). The normalized spacial score (nSPS) is 15.9. The zero-order valence-corrected chi connectivity index (χ0v) is 16.0. The smallest absolute Gasteiger partial charge is 0.243 e. The number of rotatable bonds is 5. The maximum absolute atomic E-state index is 12.6. The van der Waals surface area contributed by atoms with Gasteiger partial charge in [0, 0.05) is 35.4 Å². The molecule has 0 aliphatic carbocycles. The van der Waals surface area contributed by atoms with Crippen LogP contribution < -0.4 is 5.32 Å². The summed E-state index contributed by atoms with van der Waals surface area (Å²) in [6.45, 7) is 1.75. The van der Waals surface area contributed by atoms with Crippen LogP contribution in [0.4, 0.5) is 5.69 Å². The molecule has 0 aromatic heterocycles. The van der Waals surface area contributed by atoms with Crippen LogP contribution in [0.5, 0.6) is 0 Å². The molecule has 0 saturated carbocycles. The monoisotopic (exact) mass is 398 g/mol. The number of sulfonamides is 1. The van der Waals surface area contributed by atoms with Crippen LogP contribution in [0.2, 0.25) is 10.0 Å². The van der Waals surface area contributed by atoms with Crippen molar-refractivity contribution >= 4 is 38.9 Å². The zero-order valence-electron chi connectivity index (χ0n) is 13.7. The van der Waals surface area contributed by atoms with Gasteiger partial charge in [0.25, 0.3) is 0 Å². The number of benzene rings is 2. The van der Waals surface area contributed by atoms with Gasteiger partial charge in [0.15, 0.2) is 0 Å². The van der Waals surface area contributed by atoms with E-state index in [0.717, 1.165) is 30.5 Å².